The lowest BCUT2D eigenvalue weighted by atomic mass is 10.1. The van der Waals surface area contributed by atoms with Crippen molar-refractivity contribution in [1.29, 1.82) is 0 Å². The quantitative estimate of drug-likeness (QED) is 0.288. The van der Waals surface area contributed by atoms with E-state index in [2.05, 4.69) is 19.6 Å². The Bertz CT molecular complexity index is 893. The van der Waals surface area contributed by atoms with Gasteiger partial charge in [0.15, 0.2) is 11.5 Å². The number of anilines is 1. The second kappa shape index (κ2) is 12.3. The number of fused-ring (bicyclic) bond motifs is 1. The van der Waals surface area contributed by atoms with E-state index in [1.54, 1.807) is 20.4 Å². The van der Waals surface area contributed by atoms with Gasteiger partial charge in [-0.1, -0.05) is 0 Å². The fourth-order valence-electron chi connectivity index (χ4n) is 3.27. The summed E-state index contributed by atoms with van der Waals surface area (Å²) in [5.41, 5.74) is 1.72. The molecule has 0 bridgehead atoms. The number of pyridine rings is 1. The molecule has 32 heavy (non-hydrogen) atoms. The Balaban J connectivity index is 2.02. The number of hydrogen-bond donors (Lipinski definition) is 0. The van der Waals surface area contributed by atoms with Gasteiger partial charge in [0, 0.05) is 50.0 Å². The number of rotatable bonds is 15. The van der Waals surface area contributed by atoms with E-state index in [1.807, 2.05) is 30.1 Å². The fourth-order valence-corrected chi connectivity index (χ4v) is 3.27. The molecule has 0 aliphatic rings. The molecule has 0 N–H and O–H groups in total. The average Bonchev–Trinajstić information content (AvgIpc) is 2.76. The number of hydrogen-bond acceptors (Lipinski definition) is 11. The summed E-state index contributed by atoms with van der Waals surface area (Å²) in [5.74, 6) is 1.20. The number of benzene rings is 1. The summed E-state index contributed by atoms with van der Waals surface area (Å²) in [5, 5.41) is 19.9. The van der Waals surface area contributed by atoms with Crippen LogP contribution in [-0.4, -0.2) is 80.7 Å². The first-order valence-corrected chi connectivity index (χ1v) is 9.84. The Morgan fingerprint density at radius 1 is 0.938 bits per heavy atom. The zero-order valence-corrected chi connectivity index (χ0v) is 18.3. The van der Waals surface area contributed by atoms with Crippen LogP contribution in [-0.2, 0) is 9.68 Å². The Labute approximate surface area is 184 Å². The predicted octanol–water partition coefficient (Wildman–Crippen LogP) is 1.80. The highest BCUT2D eigenvalue weighted by molar-refractivity contribution is 5.93. The minimum absolute atomic E-state index is 0.127. The van der Waals surface area contributed by atoms with Crippen molar-refractivity contribution in [3.8, 4) is 11.5 Å². The molecule has 2 aromatic rings. The van der Waals surface area contributed by atoms with Gasteiger partial charge in [0.1, 0.15) is 13.2 Å². The van der Waals surface area contributed by atoms with Crippen LogP contribution in [0, 0.1) is 20.2 Å². The first-order valence-electron chi connectivity index (χ1n) is 9.84. The average molecular weight is 453 g/mol. The van der Waals surface area contributed by atoms with Crippen LogP contribution in [0.1, 0.15) is 6.42 Å². The second-order valence-electron chi connectivity index (χ2n) is 6.78. The number of ether oxygens (including phenoxy) is 2. The van der Waals surface area contributed by atoms with E-state index < -0.39 is 10.2 Å². The third kappa shape index (κ3) is 7.27. The molecule has 0 aliphatic carbocycles. The molecule has 1 aromatic heterocycles. The lowest BCUT2D eigenvalue weighted by molar-refractivity contribution is -0.758. The number of nitrogens with zero attached hydrogens (tertiary/aromatic N) is 5. The fraction of sp³-hybridized carbons (Fsp3) is 0.526. The minimum atomic E-state index is -0.864. The van der Waals surface area contributed by atoms with Gasteiger partial charge < -0.3 is 24.0 Å². The van der Waals surface area contributed by atoms with E-state index in [9.17, 15) is 20.2 Å². The molecule has 13 heteroatoms. The molecule has 0 amide bonds. The van der Waals surface area contributed by atoms with Crippen molar-refractivity contribution >= 4 is 16.6 Å². The molecule has 13 nitrogen and oxygen atoms in total. The smallest absolute Gasteiger partial charge is 0.294 e. The van der Waals surface area contributed by atoms with Crippen molar-refractivity contribution < 1.29 is 29.3 Å². The largest absolute Gasteiger partial charge is 0.493 e. The minimum Gasteiger partial charge on any atom is -0.493 e. The van der Waals surface area contributed by atoms with Gasteiger partial charge in [-0.15, -0.1) is 20.2 Å². The maximum absolute atomic E-state index is 10.4. The van der Waals surface area contributed by atoms with Crippen molar-refractivity contribution in [2.75, 3.05) is 65.6 Å². The Morgan fingerprint density at radius 2 is 1.53 bits per heavy atom. The summed E-state index contributed by atoms with van der Waals surface area (Å²) in [6, 6.07) is 5.60. The topological polar surface area (TPSA) is 143 Å². The van der Waals surface area contributed by atoms with Gasteiger partial charge in [-0.2, -0.15) is 0 Å². The van der Waals surface area contributed by atoms with E-state index in [0.717, 1.165) is 16.6 Å². The molecule has 0 aliphatic heterocycles. The van der Waals surface area contributed by atoms with Crippen LogP contribution < -0.4 is 14.4 Å². The van der Waals surface area contributed by atoms with Crippen LogP contribution in [0.15, 0.2) is 24.4 Å². The highest BCUT2D eigenvalue weighted by Gasteiger charge is 2.13. The molecule has 0 unspecified atom stereocenters. The van der Waals surface area contributed by atoms with Gasteiger partial charge in [0.25, 0.3) is 10.2 Å². The Kier molecular flexibility index (Phi) is 9.47. The molecule has 0 saturated carbocycles. The van der Waals surface area contributed by atoms with E-state index in [1.165, 1.54) is 0 Å². The molecular weight excluding hydrogens is 426 g/mol. The maximum Gasteiger partial charge on any atom is 0.294 e. The third-order valence-corrected chi connectivity index (χ3v) is 4.81. The van der Waals surface area contributed by atoms with Crippen molar-refractivity contribution in [1.82, 2.24) is 9.88 Å². The molecule has 0 fully saturated rings. The van der Waals surface area contributed by atoms with Crippen LogP contribution in [0.2, 0.25) is 0 Å². The van der Waals surface area contributed by atoms with Gasteiger partial charge in [0.05, 0.1) is 19.7 Å². The first-order chi connectivity index (χ1) is 15.3. The lowest BCUT2D eigenvalue weighted by Gasteiger charge is -2.25. The summed E-state index contributed by atoms with van der Waals surface area (Å²) >= 11 is 0. The normalized spacial score (nSPS) is 10.8. The molecule has 0 saturated heterocycles. The monoisotopic (exact) mass is 453 g/mol. The second-order valence-corrected chi connectivity index (χ2v) is 6.78. The van der Waals surface area contributed by atoms with Crippen LogP contribution in [0.3, 0.4) is 0 Å². The molecule has 176 valence electrons. The van der Waals surface area contributed by atoms with Crippen LogP contribution >= 0.6 is 0 Å². The van der Waals surface area contributed by atoms with E-state index >= 15 is 0 Å². The zero-order chi connectivity index (χ0) is 23.5. The molecule has 0 spiro atoms. The molecular formula is C19H27N5O8. The standard InChI is InChI=1S/C19H27N5O8/c1-21(7-4-8-22(9-11-31-23(25)26)10-12-32-24(27)28)17-5-6-20-16-14-19(30-3)18(29-2)13-15(16)17/h5-6,13-14H,4,7-12H2,1-3H3. The number of methoxy groups -OCH3 is 2. The summed E-state index contributed by atoms with van der Waals surface area (Å²) in [6.45, 7) is 1.46. The van der Waals surface area contributed by atoms with E-state index in [4.69, 9.17) is 9.47 Å². The first kappa shape index (κ1) is 24.7. The van der Waals surface area contributed by atoms with Crippen molar-refractivity contribution in [3.63, 3.8) is 0 Å². The predicted molar refractivity (Wildman–Crippen MR) is 115 cm³/mol. The van der Waals surface area contributed by atoms with Crippen molar-refractivity contribution in [2.24, 2.45) is 0 Å². The van der Waals surface area contributed by atoms with Crippen LogP contribution in [0.5, 0.6) is 11.5 Å². The molecule has 1 heterocycles. The van der Waals surface area contributed by atoms with E-state index in [-0.39, 0.29) is 26.3 Å². The summed E-state index contributed by atoms with van der Waals surface area (Å²) in [4.78, 5) is 37.7. The Morgan fingerprint density at radius 3 is 2.09 bits per heavy atom. The summed E-state index contributed by atoms with van der Waals surface area (Å²) < 4.78 is 10.7. The molecule has 0 radical (unpaired) electrons. The highest BCUT2D eigenvalue weighted by Crippen LogP contribution is 2.35. The molecule has 0 atom stereocenters. The van der Waals surface area contributed by atoms with Crippen LogP contribution in [0.25, 0.3) is 10.9 Å². The van der Waals surface area contributed by atoms with Gasteiger partial charge in [-0.3, -0.25) is 9.88 Å². The maximum atomic E-state index is 10.4. The molecule has 1 aromatic carbocycles. The van der Waals surface area contributed by atoms with Crippen molar-refractivity contribution in [3.05, 3.63) is 44.6 Å². The molecule has 2 rings (SSSR count). The third-order valence-electron chi connectivity index (χ3n) is 4.81. The lowest BCUT2D eigenvalue weighted by Crippen LogP contribution is -2.34. The van der Waals surface area contributed by atoms with Gasteiger partial charge in [-0.25, -0.2) is 0 Å². The number of aromatic nitrogens is 1. The summed E-state index contributed by atoms with van der Waals surface area (Å²) in [7, 11) is 5.09. The van der Waals surface area contributed by atoms with Gasteiger partial charge in [0.2, 0.25) is 0 Å². The van der Waals surface area contributed by atoms with Crippen LogP contribution in [0.4, 0.5) is 5.69 Å². The van der Waals surface area contributed by atoms with Crippen molar-refractivity contribution in [2.45, 2.75) is 6.42 Å². The SMILES string of the molecule is COc1cc2nccc(N(C)CCCN(CCO[N+](=O)[O-])CCO[N+](=O)[O-])c2cc1OC. The van der Waals surface area contributed by atoms with Gasteiger partial charge in [-0.05, 0) is 25.1 Å². The zero-order valence-electron chi connectivity index (χ0n) is 18.3. The van der Waals surface area contributed by atoms with E-state index in [0.29, 0.717) is 31.0 Å². The summed E-state index contributed by atoms with van der Waals surface area (Å²) in [6.07, 6.45) is 2.42. The van der Waals surface area contributed by atoms with Gasteiger partial charge >= 0.3 is 0 Å². The highest BCUT2D eigenvalue weighted by atomic mass is 17.0. The Hall–Kier alpha value is -3.61.